The van der Waals surface area contributed by atoms with Crippen molar-refractivity contribution in [3.63, 3.8) is 0 Å². The summed E-state index contributed by atoms with van der Waals surface area (Å²) in [4.78, 5) is 4.80. The number of aryl methyl sites for hydroxylation is 2. The third-order valence-corrected chi connectivity index (χ3v) is 7.11. The zero-order chi connectivity index (χ0) is 24.8. The summed E-state index contributed by atoms with van der Waals surface area (Å²) in [6, 6.07) is 27.6. The maximum Gasteiger partial charge on any atom is 0.0913 e. The van der Waals surface area contributed by atoms with Crippen molar-refractivity contribution in [2.24, 2.45) is 0 Å². The number of methoxy groups -OCH3 is 1. The van der Waals surface area contributed by atoms with Gasteiger partial charge in [-0.15, -0.1) is 0 Å². The van der Waals surface area contributed by atoms with Gasteiger partial charge in [0.25, 0.3) is 0 Å². The topological polar surface area (TPSA) is 31.4 Å². The molecule has 1 aromatic heterocycles. The maximum atomic E-state index is 5.92. The Hall–Kier alpha value is -2.84. The minimum absolute atomic E-state index is 0.0122. The van der Waals surface area contributed by atoms with Crippen molar-refractivity contribution < 1.29 is 9.26 Å². The molecule has 0 saturated carbocycles. The summed E-state index contributed by atoms with van der Waals surface area (Å²) in [6.07, 6.45) is 6.00. The first kappa shape index (κ1) is 25.3. The van der Waals surface area contributed by atoms with Crippen molar-refractivity contribution >= 4 is 32.5 Å². The predicted molar refractivity (Wildman–Crippen MR) is 150 cm³/mol. The lowest BCUT2D eigenvalue weighted by Crippen LogP contribution is -2.19. The highest BCUT2D eigenvalue weighted by Crippen LogP contribution is 2.32. The molecule has 0 aliphatic heterocycles. The van der Waals surface area contributed by atoms with Crippen molar-refractivity contribution in [2.45, 2.75) is 45.3 Å². The average Bonchev–Trinajstić information content (AvgIpc) is 2.88. The van der Waals surface area contributed by atoms with Crippen LogP contribution in [0.25, 0.3) is 23.1 Å². The van der Waals surface area contributed by atoms with Gasteiger partial charge in [0.05, 0.1) is 22.9 Å². The minimum Gasteiger partial charge on any atom is -0.377 e. The van der Waals surface area contributed by atoms with E-state index in [1.807, 2.05) is 0 Å². The molecule has 0 amide bonds. The molecule has 1 heterocycles. The highest BCUT2D eigenvalue weighted by molar-refractivity contribution is 7.09. The molecule has 0 radical (unpaired) electrons. The summed E-state index contributed by atoms with van der Waals surface area (Å²) in [7, 11) is 4.19. The van der Waals surface area contributed by atoms with E-state index in [1.54, 1.807) is 7.11 Å². The van der Waals surface area contributed by atoms with Gasteiger partial charge in [0.1, 0.15) is 0 Å². The van der Waals surface area contributed by atoms with E-state index >= 15 is 0 Å². The Morgan fingerprint density at radius 3 is 2.54 bits per heavy atom. The molecule has 0 saturated heterocycles. The second kappa shape index (κ2) is 11.3. The number of hydrogen-bond acceptors (Lipinski definition) is 3. The van der Waals surface area contributed by atoms with Gasteiger partial charge >= 0.3 is 0 Å². The van der Waals surface area contributed by atoms with E-state index in [2.05, 4.69) is 121 Å². The molecule has 180 valence electrons. The van der Waals surface area contributed by atoms with Crippen molar-refractivity contribution in [2.75, 3.05) is 7.11 Å². The fourth-order valence-electron chi connectivity index (χ4n) is 4.48. The van der Waals surface area contributed by atoms with E-state index in [9.17, 15) is 0 Å². The third kappa shape index (κ3) is 6.24. The summed E-state index contributed by atoms with van der Waals surface area (Å²) >= 11 is 0. The van der Waals surface area contributed by atoms with E-state index in [0.717, 1.165) is 35.0 Å². The zero-order valence-corrected chi connectivity index (χ0v) is 22.1. The zero-order valence-electron chi connectivity index (χ0n) is 21.0. The molecule has 0 bridgehead atoms. The lowest BCUT2D eigenvalue weighted by Gasteiger charge is -2.26. The predicted octanol–water partition coefficient (Wildman–Crippen LogP) is 8.08. The fraction of sp³-hybridized carbons (Fsp3) is 0.258. The molecule has 4 heteroatoms. The van der Waals surface area contributed by atoms with Crippen LogP contribution in [0.2, 0.25) is 0 Å². The van der Waals surface area contributed by atoms with Gasteiger partial charge in [-0.25, -0.2) is 4.98 Å². The number of nitrogens with zero attached hydrogens (tertiary/aromatic N) is 1. The highest BCUT2D eigenvalue weighted by atomic mass is 31.0. The quantitative estimate of drug-likeness (QED) is 0.226. The van der Waals surface area contributed by atoms with Crippen LogP contribution in [-0.2, 0) is 21.3 Å². The standard InChI is InChI=1S/C31H34NO2P/c1-22-12-14-25-15-18-27(32-29(25)20-22)17-13-23-8-7-10-26(21-23)30(33-4)19-16-24-9-5-6-11-28(24)31(2,3)34-35/h5-15,17-18,20-21,30H,16,19,35H2,1-4H3/b17-13+. The van der Waals surface area contributed by atoms with Gasteiger partial charge in [-0.05, 0) is 85.7 Å². The number of pyridine rings is 1. The largest absolute Gasteiger partial charge is 0.377 e. The molecule has 2 unspecified atom stereocenters. The molecule has 0 spiro atoms. The van der Waals surface area contributed by atoms with Crippen LogP contribution < -0.4 is 0 Å². The molecule has 2 atom stereocenters. The summed E-state index contributed by atoms with van der Waals surface area (Å²) in [5.74, 6) is 0. The molecular weight excluding hydrogens is 449 g/mol. The summed E-state index contributed by atoms with van der Waals surface area (Å²) in [5.41, 5.74) is 7.64. The number of ether oxygens (including phenoxy) is 1. The second-order valence-electron chi connectivity index (χ2n) is 9.48. The maximum absolute atomic E-state index is 5.92. The number of benzene rings is 3. The van der Waals surface area contributed by atoms with Crippen molar-refractivity contribution in [3.8, 4) is 0 Å². The Kier molecular flexibility index (Phi) is 8.13. The van der Waals surface area contributed by atoms with E-state index < -0.39 is 0 Å². The fourth-order valence-corrected chi connectivity index (χ4v) is 4.60. The molecule has 0 aliphatic carbocycles. The van der Waals surface area contributed by atoms with Crippen LogP contribution in [0.15, 0.2) is 78.9 Å². The van der Waals surface area contributed by atoms with E-state index in [0.29, 0.717) is 0 Å². The number of hydrogen-bond donors (Lipinski definition) is 0. The van der Waals surface area contributed by atoms with Crippen LogP contribution in [0.4, 0.5) is 0 Å². The van der Waals surface area contributed by atoms with E-state index in [4.69, 9.17) is 14.2 Å². The van der Waals surface area contributed by atoms with E-state index in [-0.39, 0.29) is 11.7 Å². The number of rotatable bonds is 9. The molecule has 0 N–H and O–H groups in total. The summed E-state index contributed by atoms with van der Waals surface area (Å²) < 4.78 is 11.6. The summed E-state index contributed by atoms with van der Waals surface area (Å²) in [5, 5.41) is 1.16. The average molecular weight is 484 g/mol. The first-order valence-electron chi connectivity index (χ1n) is 12.0. The Morgan fingerprint density at radius 2 is 1.74 bits per heavy atom. The van der Waals surface area contributed by atoms with Crippen molar-refractivity contribution in [1.29, 1.82) is 0 Å². The van der Waals surface area contributed by atoms with E-state index in [1.165, 1.54) is 22.3 Å². The molecule has 4 aromatic rings. The van der Waals surface area contributed by atoms with Crippen LogP contribution in [0, 0.1) is 6.92 Å². The van der Waals surface area contributed by atoms with Crippen LogP contribution >= 0.6 is 9.47 Å². The monoisotopic (exact) mass is 483 g/mol. The first-order chi connectivity index (χ1) is 16.9. The summed E-state index contributed by atoms with van der Waals surface area (Å²) in [6.45, 7) is 6.28. The second-order valence-corrected chi connectivity index (χ2v) is 9.72. The van der Waals surface area contributed by atoms with Gasteiger partial charge in [0.2, 0.25) is 0 Å². The SMILES string of the molecule is COC(CCc1ccccc1C(C)(C)OP)c1cccc(/C=C/c2ccc3ccc(C)cc3n2)c1. The van der Waals surface area contributed by atoms with Gasteiger partial charge in [-0.2, -0.15) is 0 Å². The molecule has 3 nitrogen and oxygen atoms in total. The van der Waals surface area contributed by atoms with Gasteiger partial charge in [0, 0.05) is 22.0 Å². The third-order valence-electron chi connectivity index (χ3n) is 6.52. The molecule has 0 fully saturated rings. The highest BCUT2D eigenvalue weighted by Gasteiger charge is 2.23. The Labute approximate surface area is 211 Å². The van der Waals surface area contributed by atoms with Crippen LogP contribution in [0.3, 0.4) is 0 Å². The van der Waals surface area contributed by atoms with Crippen molar-refractivity contribution in [3.05, 3.63) is 112 Å². The Morgan fingerprint density at radius 1 is 0.943 bits per heavy atom. The Bertz CT molecular complexity index is 1330. The molecule has 0 aliphatic rings. The molecule has 3 aromatic carbocycles. The van der Waals surface area contributed by atoms with Crippen molar-refractivity contribution in [1.82, 2.24) is 4.98 Å². The van der Waals surface area contributed by atoms with Crippen LogP contribution in [0.1, 0.15) is 59.9 Å². The van der Waals surface area contributed by atoms with Gasteiger partial charge in [-0.1, -0.05) is 66.7 Å². The van der Waals surface area contributed by atoms with Crippen LogP contribution in [-0.4, -0.2) is 12.1 Å². The molecular formula is C31H34NO2P. The van der Waals surface area contributed by atoms with Gasteiger partial charge in [-0.3, -0.25) is 0 Å². The molecule has 35 heavy (non-hydrogen) atoms. The van der Waals surface area contributed by atoms with Gasteiger partial charge in [0.15, 0.2) is 0 Å². The lowest BCUT2D eigenvalue weighted by atomic mass is 9.90. The molecule has 4 rings (SSSR count). The number of aromatic nitrogens is 1. The smallest absolute Gasteiger partial charge is 0.0913 e. The van der Waals surface area contributed by atoms with Crippen LogP contribution in [0.5, 0.6) is 0 Å². The first-order valence-corrected chi connectivity index (χ1v) is 12.5. The normalized spacial score (nSPS) is 12.9. The number of fused-ring (bicyclic) bond motifs is 1. The Balaban J connectivity index is 1.50. The lowest BCUT2D eigenvalue weighted by molar-refractivity contribution is 0.0951. The minimum atomic E-state index is -0.357. The van der Waals surface area contributed by atoms with Gasteiger partial charge < -0.3 is 9.26 Å².